The molecule has 1 aliphatic rings. The quantitative estimate of drug-likeness (QED) is 0.214. The molecule has 0 radical (unpaired) electrons. The lowest BCUT2D eigenvalue weighted by Crippen LogP contribution is -2.47. The molecular formula is C10H22N4OS. The number of thioether (sulfide) groups is 1. The van der Waals surface area contributed by atoms with Crippen LogP contribution in [0.2, 0.25) is 0 Å². The van der Waals surface area contributed by atoms with Crippen LogP contribution in [0.5, 0.6) is 0 Å². The Balaban J connectivity index is 2.23. The third kappa shape index (κ3) is 5.58. The number of nitrogens with two attached hydrogens (primary N) is 1. The second-order valence-corrected chi connectivity index (χ2v) is 4.98. The normalized spacial score (nSPS) is 18.5. The molecule has 5 nitrogen and oxygen atoms in total. The number of hydrogen-bond acceptors (Lipinski definition) is 4. The summed E-state index contributed by atoms with van der Waals surface area (Å²) >= 11 is 2.01. The molecule has 0 aliphatic carbocycles. The van der Waals surface area contributed by atoms with E-state index in [0.29, 0.717) is 12.0 Å². The van der Waals surface area contributed by atoms with Gasteiger partial charge in [-0.3, -0.25) is 10.4 Å². The molecule has 1 heterocycles. The average Bonchev–Trinajstić information content (AvgIpc) is 2.34. The smallest absolute Gasteiger partial charge is 0.205 e. The van der Waals surface area contributed by atoms with Gasteiger partial charge in [0.15, 0.2) is 0 Å². The summed E-state index contributed by atoms with van der Waals surface area (Å²) in [4.78, 5) is 4.36. The van der Waals surface area contributed by atoms with E-state index in [4.69, 9.17) is 10.6 Å². The van der Waals surface area contributed by atoms with Crippen molar-refractivity contribution < 1.29 is 4.74 Å². The highest BCUT2D eigenvalue weighted by Gasteiger charge is 2.14. The minimum Gasteiger partial charge on any atom is -0.385 e. The number of methoxy groups -OCH3 is 1. The Hall–Kier alpha value is -0.460. The number of hydrogen-bond donors (Lipinski definition) is 3. The molecule has 0 unspecified atom stereocenters. The van der Waals surface area contributed by atoms with E-state index >= 15 is 0 Å². The zero-order chi connectivity index (χ0) is 11.6. The summed E-state index contributed by atoms with van der Waals surface area (Å²) in [6, 6.07) is 0.512. The number of guanidine groups is 1. The highest BCUT2D eigenvalue weighted by atomic mass is 32.2. The van der Waals surface area contributed by atoms with Gasteiger partial charge in [-0.2, -0.15) is 11.8 Å². The van der Waals surface area contributed by atoms with Gasteiger partial charge < -0.3 is 10.1 Å². The third-order valence-electron chi connectivity index (χ3n) is 2.48. The van der Waals surface area contributed by atoms with Crippen LogP contribution in [0.15, 0.2) is 4.99 Å². The molecule has 0 saturated carbocycles. The van der Waals surface area contributed by atoms with Crippen LogP contribution >= 0.6 is 11.8 Å². The van der Waals surface area contributed by atoms with Crippen molar-refractivity contribution in [1.29, 1.82) is 0 Å². The highest BCUT2D eigenvalue weighted by molar-refractivity contribution is 7.99. The number of hydrazine groups is 1. The van der Waals surface area contributed by atoms with Crippen LogP contribution in [-0.4, -0.2) is 43.8 Å². The number of nitrogens with zero attached hydrogens (tertiary/aromatic N) is 1. The molecule has 0 bridgehead atoms. The Morgan fingerprint density at radius 2 is 2.25 bits per heavy atom. The molecule has 0 aromatic heterocycles. The van der Waals surface area contributed by atoms with Crippen molar-refractivity contribution >= 4 is 17.7 Å². The van der Waals surface area contributed by atoms with E-state index in [2.05, 4.69) is 15.7 Å². The topological polar surface area (TPSA) is 71.7 Å². The van der Waals surface area contributed by atoms with Crippen molar-refractivity contribution in [2.75, 3.05) is 31.8 Å². The average molecular weight is 246 g/mol. The summed E-state index contributed by atoms with van der Waals surface area (Å²) in [5, 5.41) is 3.34. The molecule has 0 amide bonds. The first-order valence-electron chi connectivity index (χ1n) is 5.71. The molecule has 94 valence electrons. The van der Waals surface area contributed by atoms with Crippen molar-refractivity contribution in [2.24, 2.45) is 10.8 Å². The predicted octanol–water partition coefficient (Wildman–Crippen LogP) is 0.327. The third-order valence-corrected chi connectivity index (χ3v) is 3.52. The van der Waals surface area contributed by atoms with Gasteiger partial charge >= 0.3 is 0 Å². The fourth-order valence-corrected chi connectivity index (χ4v) is 2.67. The molecule has 1 saturated heterocycles. The van der Waals surface area contributed by atoms with Crippen LogP contribution in [0.3, 0.4) is 0 Å². The van der Waals surface area contributed by atoms with Crippen LogP contribution < -0.4 is 16.6 Å². The fourth-order valence-electron chi connectivity index (χ4n) is 1.57. The van der Waals surface area contributed by atoms with E-state index < -0.39 is 0 Å². The summed E-state index contributed by atoms with van der Waals surface area (Å²) in [6.07, 6.45) is 3.29. The van der Waals surface area contributed by atoms with Gasteiger partial charge in [-0.15, -0.1) is 0 Å². The van der Waals surface area contributed by atoms with Crippen LogP contribution in [0.4, 0.5) is 0 Å². The van der Waals surface area contributed by atoms with Crippen LogP contribution in [-0.2, 0) is 4.74 Å². The monoisotopic (exact) mass is 246 g/mol. The van der Waals surface area contributed by atoms with Crippen LogP contribution in [0.25, 0.3) is 0 Å². The maximum atomic E-state index is 5.42. The SMILES string of the molecule is COCCCN=C(NN)NC1CCSCC1. The molecule has 16 heavy (non-hydrogen) atoms. The maximum absolute atomic E-state index is 5.42. The fraction of sp³-hybridized carbons (Fsp3) is 0.900. The molecule has 1 fully saturated rings. The largest absolute Gasteiger partial charge is 0.385 e. The first kappa shape index (κ1) is 13.6. The second kappa shape index (κ2) is 8.66. The molecule has 4 N–H and O–H groups in total. The van der Waals surface area contributed by atoms with Gasteiger partial charge in [0.25, 0.3) is 0 Å². The van der Waals surface area contributed by atoms with Crippen molar-refractivity contribution in [3.05, 3.63) is 0 Å². The maximum Gasteiger partial charge on any atom is 0.205 e. The number of aliphatic imine (C=N–C) groups is 1. The predicted molar refractivity (Wildman–Crippen MR) is 69.6 cm³/mol. The summed E-state index contributed by atoms with van der Waals surface area (Å²) in [7, 11) is 1.70. The molecule has 6 heteroatoms. The minimum absolute atomic E-state index is 0.512. The van der Waals surface area contributed by atoms with E-state index in [0.717, 1.165) is 19.6 Å². The summed E-state index contributed by atoms with van der Waals surface area (Å²) in [6.45, 7) is 1.48. The summed E-state index contributed by atoms with van der Waals surface area (Å²) < 4.78 is 4.96. The Kier molecular flexibility index (Phi) is 7.37. The van der Waals surface area contributed by atoms with E-state index in [-0.39, 0.29) is 0 Å². The first-order valence-corrected chi connectivity index (χ1v) is 6.86. The van der Waals surface area contributed by atoms with Gasteiger partial charge in [0.05, 0.1) is 0 Å². The van der Waals surface area contributed by atoms with Gasteiger partial charge in [-0.05, 0) is 30.8 Å². The Morgan fingerprint density at radius 1 is 1.50 bits per heavy atom. The number of nitrogens with one attached hydrogen (secondary N) is 2. The van der Waals surface area contributed by atoms with Gasteiger partial charge in [0.2, 0.25) is 5.96 Å². The number of rotatable bonds is 5. The summed E-state index contributed by atoms with van der Waals surface area (Å²) in [5.74, 6) is 8.57. The number of ether oxygens (including phenoxy) is 1. The lowest BCUT2D eigenvalue weighted by molar-refractivity contribution is 0.197. The standard InChI is InChI=1S/C10H22N4OS/c1-15-6-2-5-12-10(14-11)13-9-3-7-16-8-4-9/h9H,2-8,11H2,1H3,(H2,12,13,14). The van der Waals surface area contributed by atoms with E-state index in [9.17, 15) is 0 Å². The molecule has 0 atom stereocenters. The van der Waals surface area contributed by atoms with E-state index in [1.54, 1.807) is 7.11 Å². The van der Waals surface area contributed by atoms with Crippen LogP contribution in [0, 0.1) is 0 Å². The zero-order valence-electron chi connectivity index (χ0n) is 9.87. The lowest BCUT2D eigenvalue weighted by Gasteiger charge is -2.23. The van der Waals surface area contributed by atoms with Crippen molar-refractivity contribution in [3.63, 3.8) is 0 Å². The van der Waals surface area contributed by atoms with Gasteiger partial charge in [0, 0.05) is 26.3 Å². The van der Waals surface area contributed by atoms with E-state index in [1.165, 1.54) is 24.3 Å². The van der Waals surface area contributed by atoms with Crippen LogP contribution in [0.1, 0.15) is 19.3 Å². The summed E-state index contributed by atoms with van der Waals surface area (Å²) in [5.41, 5.74) is 2.62. The first-order chi connectivity index (χ1) is 7.86. The van der Waals surface area contributed by atoms with E-state index in [1.807, 2.05) is 11.8 Å². The Labute approximate surface area is 102 Å². The van der Waals surface area contributed by atoms with Gasteiger partial charge in [-0.25, -0.2) is 5.84 Å². The second-order valence-electron chi connectivity index (χ2n) is 3.75. The lowest BCUT2D eigenvalue weighted by atomic mass is 10.2. The van der Waals surface area contributed by atoms with Crippen molar-refractivity contribution in [2.45, 2.75) is 25.3 Å². The highest BCUT2D eigenvalue weighted by Crippen LogP contribution is 2.16. The molecule has 0 aromatic rings. The van der Waals surface area contributed by atoms with Crippen molar-refractivity contribution in [1.82, 2.24) is 10.7 Å². The van der Waals surface area contributed by atoms with Gasteiger partial charge in [0.1, 0.15) is 0 Å². The molecule has 0 spiro atoms. The minimum atomic E-state index is 0.512. The van der Waals surface area contributed by atoms with Crippen molar-refractivity contribution in [3.8, 4) is 0 Å². The molecule has 1 aliphatic heterocycles. The molecular weight excluding hydrogens is 224 g/mol. The Bertz CT molecular complexity index is 207. The zero-order valence-corrected chi connectivity index (χ0v) is 10.7. The Morgan fingerprint density at radius 3 is 2.88 bits per heavy atom. The molecule has 1 rings (SSSR count). The molecule has 0 aromatic carbocycles. The van der Waals surface area contributed by atoms with Gasteiger partial charge in [-0.1, -0.05) is 0 Å².